The van der Waals surface area contributed by atoms with Crippen LogP contribution in [0.3, 0.4) is 0 Å². The summed E-state index contributed by atoms with van der Waals surface area (Å²) < 4.78 is 24.9. The van der Waals surface area contributed by atoms with Gasteiger partial charge in [-0.2, -0.15) is 0 Å². The monoisotopic (exact) mass is 320 g/mol. The Balaban J connectivity index is 2.43. The molecule has 1 rings (SSSR count). The Kier molecular flexibility index (Phi) is 5.75. The molecule has 1 amide bonds. The van der Waals surface area contributed by atoms with E-state index < -0.39 is 21.5 Å². The molecule has 1 aliphatic carbocycles. The second kappa shape index (κ2) is 6.74. The molecule has 0 radical (unpaired) electrons. The van der Waals surface area contributed by atoms with Gasteiger partial charge < -0.3 is 10.4 Å². The zero-order valence-electron chi connectivity index (χ0n) is 12.7. The van der Waals surface area contributed by atoms with Crippen LogP contribution < -0.4 is 10.0 Å². The summed E-state index contributed by atoms with van der Waals surface area (Å²) in [6.45, 7) is 3.57. The third-order valence-electron chi connectivity index (χ3n) is 3.61. The largest absolute Gasteiger partial charge is 0.481 e. The first kappa shape index (κ1) is 17.9. The van der Waals surface area contributed by atoms with Crippen LogP contribution in [-0.4, -0.2) is 43.7 Å². The minimum Gasteiger partial charge on any atom is -0.481 e. The summed E-state index contributed by atoms with van der Waals surface area (Å²) >= 11 is 0. The van der Waals surface area contributed by atoms with E-state index in [0.717, 1.165) is 6.26 Å². The van der Waals surface area contributed by atoms with Gasteiger partial charge in [-0.15, -0.1) is 0 Å². The van der Waals surface area contributed by atoms with Gasteiger partial charge in [0.2, 0.25) is 15.9 Å². The third kappa shape index (κ3) is 6.43. The van der Waals surface area contributed by atoms with Crippen molar-refractivity contribution in [1.29, 1.82) is 0 Å². The number of carbonyl (C=O) groups excluding carboxylic acids is 1. The van der Waals surface area contributed by atoms with E-state index in [9.17, 15) is 18.0 Å². The molecule has 0 aromatic carbocycles. The second-order valence-corrected chi connectivity index (χ2v) is 8.11. The first-order chi connectivity index (χ1) is 9.50. The SMILES string of the molecule is CC(C)(CNC(=O)C1CCC(C(=O)O)CC1)NS(C)(=O)=O. The molecule has 1 aliphatic rings. The van der Waals surface area contributed by atoms with Crippen LogP contribution in [0.15, 0.2) is 0 Å². The number of carboxylic acid groups (broad SMARTS) is 1. The summed E-state index contributed by atoms with van der Waals surface area (Å²) in [5, 5.41) is 11.7. The zero-order chi connectivity index (χ0) is 16.3. The summed E-state index contributed by atoms with van der Waals surface area (Å²) in [5.74, 6) is -1.47. The number of carbonyl (C=O) groups is 2. The maximum absolute atomic E-state index is 12.1. The summed E-state index contributed by atoms with van der Waals surface area (Å²) in [4.78, 5) is 22.9. The second-order valence-electron chi connectivity index (χ2n) is 6.36. The average molecular weight is 320 g/mol. The Labute approximate surface area is 125 Å². The van der Waals surface area contributed by atoms with Crippen molar-refractivity contribution in [2.75, 3.05) is 12.8 Å². The summed E-state index contributed by atoms with van der Waals surface area (Å²) in [6, 6.07) is 0. The number of carboxylic acids is 1. The van der Waals surface area contributed by atoms with Crippen LogP contribution >= 0.6 is 0 Å². The predicted molar refractivity (Wildman–Crippen MR) is 78.2 cm³/mol. The zero-order valence-corrected chi connectivity index (χ0v) is 13.5. The maximum Gasteiger partial charge on any atom is 0.306 e. The molecular weight excluding hydrogens is 296 g/mol. The fraction of sp³-hybridized carbons (Fsp3) is 0.846. The quantitative estimate of drug-likeness (QED) is 0.652. The summed E-state index contributed by atoms with van der Waals surface area (Å²) in [5.41, 5.74) is -0.762. The van der Waals surface area contributed by atoms with Crippen molar-refractivity contribution in [2.24, 2.45) is 11.8 Å². The van der Waals surface area contributed by atoms with Crippen molar-refractivity contribution in [3.05, 3.63) is 0 Å². The number of amides is 1. The predicted octanol–water partition coefficient (Wildman–Crippen LogP) is 0.321. The molecule has 3 N–H and O–H groups in total. The normalized spacial score (nSPS) is 23.6. The van der Waals surface area contributed by atoms with E-state index in [1.54, 1.807) is 13.8 Å². The number of sulfonamides is 1. The van der Waals surface area contributed by atoms with Gasteiger partial charge in [-0.1, -0.05) is 0 Å². The average Bonchev–Trinajstić information content (AvgIpc) is 2.33. The first-order valence-electron chi connectivity index (χ1n) is 7.00. The Morgan fingerprint density at radius 1 is 1.14 bits per heavy atom. The Hall–Kier alpha value is -1.15. The Morgan fingerprint density at radius 3 is 2.05 bits per heavy atom. The molecule has 0 heterocycles. The van der Waals surface area contributed by atoms with Crippen molar-refractivity contribution in [2.45, 2.75) is 45.1 Å². The molecule has 0 aromatic heterocycles. The molecule has 0 saturated heterocycles. The Morgan fingerprint density at radius 2 is 1.62 bits per heavy atom. The number of aliphatic carboxylic acids is 1. The lowest BCUT2D eigenvalue weighted by atomic mass is 9.81. The highest BCUT2D eigenvalue weighted by atomic mass is 32.2. The molecule has 0 aromatic rings. The molecule has 7 nitrogen and oxygen atoms in total. The van der Waals surface area contributed by atoms with Crippen LogP contribution in [0.2, 0.25) is 0 Å². The smallest absolute Gasteiger partial charge is 0.306 e. The van der Waals surface area contributed by atoms with Gasteiger partial charge in [-0.05, 0) is 39.5 Å². The van der Waals surface area contributed by atoms with E-state index in [4.69, 9.17) is 5.11 Å². The molecule has 0 aliphatic heterocycles. The molecule has 0 bridgehead atoms. The number of nitrogens with one attached hydrogen (secondary N) is 2. The minimum absolute atomic E-state index is 0.137. The van der Waals surface area contributed by atoms with Gasteiger partial charge in [-0.3, -0.25) is 9.59 Å². The van der Waals surface area contributed by atoms with E-state index in [0.29, 0.717) is 25.7 Å². The van der Waals surface area contributed by atoms with Gasteiger partial charge in [0.15, 0.2) is 0 Å². The lowest BCUT2D eigenvalue weighted by Crippen LogP contribution is -2.52. The molecule has 0 spiro atoms. The molecule has 21 heavy (non-hydrogen) atoms. The first-order valence-corrected chi connectivity index (χ1v) is 8.89. The summed E-state index contributed by atoms with van der Waals surface area (Å²) in [6.07, 6.45) is 3.21. The van der Waals surface area contributed by atoms with Crippen LogP contribution in [0.4, 0.5) is 0 Å². The van der Waals surface area contributed by atoms with Crippen molar-refractivity contribution in [3.8, 4) is 0 Å². The lowest BCUT2D eigenvalue weighted by Gasteiger charge is -2.29. The lowest BCUT2D eigenvalue weighted by molar-refractivity contribution is -0.144. The van der Waals surface area contributed by atoms with Crippen molar-refractivity contribution in [3.63, 3.8) is 0 Å². The van der Waals surface area contributed by atoms with Crippen LogP contribution in [-0.2, 0) is 19.6 Å². The maximum atomic E-state index is 12.1. The van der Waals surface area contributed by atoms with E-state index in [-0.39, 0.29) is 24.3 Å². The third-order valence-corrected chi connectivity index (χ3v) is 4.54. The summed E-state index contributed by atoms with van der Waals surface area (Å²) in [7, 11) is -3.34. The molecule has 1 fully saturated rings. The van der Waals surface area contributed by atoms with E-state index >= 15 is 0 Å². The van der Waals surface area contributed by atoms with Crippen molar-refractivity contribution >= 4 is 21.9 Å². The fourth-order valence-electron chi connectivity index (χ4n) is 2.59. The highest BCUT2D eigenvalue weighted by molar-refractivity contribution is 7.88. The van der Waals surface area contributed by atoms with E-state index in [2.05, 4.69) is 10.0 Å². The topological polar surface area (TPSA) is 113 Å². The molecule has 0 unspecified atom stereocenters. The van der Waals surface area contributed by atoms with Gasteiger partial charge in [0.25, 0.3) is 0 Å². The fourth-order valence-corrected chi connectivity index (χ4v) is 3.67. The highest BCUT2D eigenvalue weighted by Gasteiger charge is 2.30. The molecule has 8 heteroatoms. The van der Waals surface area contributed by atoms with E-state index in [1.807, 2.05) is 0 Å². The van der Waals surface area contributed by atoms with Crippen molar-refractivity contribution < 1.29 is 23.1 Å². The van der Waals surface area contributed by atoms with Gasteiger partial charge in [-0.25, -0.2) is 13.1 Å². The molecule has 0 atom stereocenters. The molecular formula is C13H24N2O5S. The molecule has 1 saturated carbocycles. The number of rotatable bonds is 6. The number of hydrogen-bond acceptors (Lipinski definition) is 4. The van der Waals surface area contributed by atoms with Gasteiger partial charge in [0.1, 0.15) is 0 Å². The van der Waals surface area contributed by atoms with Crippen LogP contribution in [0, 0.1) is 11.8 Å². The van der Waals surface area contributed by atoms with Crippen molar-refractivity contribution in [1.82, 2.24) is 10.0 Å². The highest BCUT2D eigenvalue weighted by Crippen LogP contribution is 2.29. The standard InChI is InChI=1S/C13H24N2O5S/c1-13(2,15-21(3,19)20)8-14-11(16)9-4-6-10(7-5-9)12(17)18/h9-10,15H,4-8H2,1-3H3,(H,14,16)(H,17,18). The van der Waals surface area contributed by atoms with Gasteiger partial charge >= 0.3 is 5.97 Å². The van der Waals surface area contributed by atoms with Crippen LogP contribution in [0.25, 0.3) is 0 Å². The van der Waals surface area contributed by atoms with E-state index in [1.165, 1.54) is 0 Å². The Bertz CT molecular complexity index is 493. The van der Waals surface area contributed by atoms with Crippen LogP contribution in [0.5, 0.6) is 0 Å². The molecule has 122 valence electrons. The number of hydrogen-bond donors (Lipinski definition) is 3. The van der Waals surface area contributed by atoms with Crippen LogP contribution in [0.1, 0.15) is 39.5 Å². The van der Waals surface area contributed by atoms with Gasteiger partial charge in [0.05, 0.1) is 12.2 Å². The van der Waals surface area contributed by atoms with Gasteiger partial charge in [0, 0.05) is 18.0 Å². The minimum atomic E-state index is -3.34.